The van der Waals surface area contributed by atoms with Crippen LogP contribution in [0.3, 0.4) is 0 Å². The minimum absolute atomic E-state index is 0.263. The molecule has 0 bridgehead atoms. The second-order valence-corrected chi connectivity index (χ2v) is 6.11. The molecule has 0 radical (unpaired) electrons. The van der Waals surface area contributed by atoms with Gasteiger partial charge in [-0.25, -0.2) is 9.07 Å². The molecular weight excluding hydrogens is 333 g/mol. The number of halogens is 1. The zero-order chi connectivity index (χ0) is 19.1. The van der Waals surface area contributed by atoms with Crippen LogP contribution in [0.2, 0.25) is 0 Å². The first kappa shape index (κ1) is 19.2. The van der Waals surface area contributed by atoms with Gasteiger partial charge in [-0.05, 0) is 51.0 Å². The minimum atomic E-state index is -0.338. The Morgan fingerprint density at radius 2 is 2.08 bits per heavy atom. The highest BCUT2D eigenvalue weighted by atomic mass is 19.1. The number of benzene rings is 1. The number of nitrogens with one attached hydrogen (secondary N) is 2. The molecule has 138 valence electrons. The third kappa shape index (κ3) is 4.72. The van der Waals surface area contributed by atoms with Crippen LogP contribution < -0.4 is 16.4 Å². The number of hydrogen-bond donors (Lipinski definition) is 3. The van der Waals surface area contributed by atoms with Crippen molar-refractivity contribution < 1.29 is 4.39 Å². The highest BCUT2D eigenvalue weighted by molar-refractivity contribution is 5.79. The number of nitriles is 1. The lowest BCUT2D eigenvalue weighted by atomic mass is 10.1. The summed E-state index contributed by atoms with van der Waals surface area (Å²) >= 11 is 0. The second-order valence-electron chi connectivity index (χ2n) is 6.11. The Balaban J connectivity index is 2.05. The van der Waals surface area contributed by atoms with Gasteiger partial charge in [0, 0.05) is 19.6 Å². The van der Waals surface area contributed by atoms with E-state index in [0.29, 0.717) is 29.9 Å². The summed E-state index contributed by atoms with van der Waals surface area (Å²) in [5.41, 5.74) is 7.66. The minimum Gasteiger partial charge on any atom is -0.382 e. The quantitative estimate of drug-likeness (QED) is 0.417. The van der Waals surface area contributed by atoms with Crippen LogP contribution in [0, 0.1) is 17.1 Å². The summed E-state index contributed by atoms with van der Waals surface area (Å²) in [5.74, 6) is 0.658. The highest BCUT2D eigenvalue weighted by Gasteiger charge is 2.16. The number of nitrogen functional groups attached to an aromatic ring is 1. The molecule has 0 atom stereocenters. The number of rotatable bonds is 6. The predicted octanol–water partition coefficient (Wildman–Crippen LogP) is 1.97. The first-order valence-electron chi connectivity index (χ1n) is 8.46. The van der Waals surface area contributed by atoms with E-state index in [-0.39, 0.29) is 17.7 Å². The fraction of sp³-hybridized carbons (Fsp3) is 0.389. The average Bonchev–Trinajstić information content (AvgIpc) is 2.93. The van der Waals surface area contributed by atoms with Gasteiger partial charge < -0.3 is 16.4 Å². The number of aryl methyl sites for hydroxylation is 1. The highest BCUT2D eigenvalue weighted by Crippen LogP contribution is 2.21. The lowest BCUT2D eigenvalue weighted by Crippen LogP contribution is -2.41. The summed E-state index contributed by atoms with van der Waals surface area (Å²) in [6.45, 7) is 4.76. The maximum Gasteiger partial charge on any atom is 0.191 e. The Morgan fingerprint density at radius 3 is 2.65 bits per heavy atom. The van der Waals surface area contributed by atoms with Gasteiger partial charge >= 0.3 is 0 Å². The molecule has 1 heterocycles. The smallest absolute Gasteiger partial charge is 0.191 e. The van der Waals surface area contributed by atoms with E-state index in [1.165, 1.54) is 16.8 Å². The number of hydrogen-bond acceptors (Lipinski definition) is 4. The van der Waals surface area contributed by atoms with Crippen LogP contribution in [0.4, 0.5) is 10.2 Å². The fourth-order valence-electron chi connectivity index (χ4n) is 2.48. The molecule has 0 aliphatic rings. The number of aromatic nitrogens is 2. The van der Waals surface area contributed by atoms with Crippen molar-refractivity contribution in [2.45, 2.75) is 32.7 Å². The van der Waals surface area contributed by atoms with Gasteiger partial charge in [0.1, 0.15) is 23.3 Å². The van der Waals surface area contributed by atoms with Gasteiger partial charge in [0.05, 0.1) is 11.4 Å². The molecule has 0 unspecified atom stereocenters. The summed E-state index contributed by atoms with van der Waals surface area (Å²) < 4.78 is 14.6. The summed E-state index contributed by atoms with van der Waals surface area (Å²) in [6, 6.07) is 8.22. The van der Waals surface area contributed by atoms with Gasteiger partial charge in [-0.2, -0.15) is 10.4 Å². The molecule has 0 saturated heterocycles. The standard InChI is InChI=1S/C18H24FN7/c1-12(2)24-18(22-3)23-10-4-5-16-15(11-20)17(21)26(25-16)14-8-6-13(19)7-9-14/h6-9,12H,4-5,10,21H2,1-3H3,(H2,22,23,24). The third-order valence-corrected chi connectivity index (χ3v) is 3.71. The Labute approximate surface area is 152 Å². The van der Waals surface area contributed by atoms with Crippen molar-refractivity contribution in [3.05, 3.63) is 41.3 Å². The molecule has 1 aromatic carbocycles. The molecule has 0 fully saturated rings. The lowest BCUT2D eigenvalue weighted by Gasteiger charge is -2.14. The lowest BCUT2D eigenvalue weighted by molar-refractivity contribution is 0.627. The third-order valence-electron chi connectivity index (χ3n) is 3.71. The van der Waals surface area contributed by atoms with E-state index in [2.05, 4.69) is 26.8 Å². The van der Waals surface area contributed by atoms with Gasteiger partial charge in [-0.1, -0.05) is 0 Å². The van der Waals surface area contributed by atoms with Crippen molar-refractivity contribution in [3.63, 3.8) is 0 Å². The maximum absolute atomic E-state index is 13.1. The topological polar surface area (TPSA) is 104 Å². The number of aliphatic imine (C=N–C) groups is 1. The maximum atomic E-state index is 13.1. The second kappa shape index (κ2) is 8.85. The largest absolute Gasteiger partial charge is 0.382 e. The molecule has 2 aromatic rings. The van der Waals surface area contributed by atoms with Crippen molar-refractivity contribution in [2.75, 3.05) is 19.3 Å². The molecule has 0 aliphatic carbocycles. The van der Waals surface area contributed by atoms with Crippen molar-refractivity contribution in [1.29, 1.82) is 5.26 Å². The molecule has 8 heteroatoms. The van der Waals surface area contributed by atoms with E-state index in [0.717, 1.165) is 12.4 Å². The van der Waals surface area contributed by atoms with Crippen molar-refractivity contribution in [3.8, 4) is 11.8 Å². The van der Waals surface area contributed by atoms with Crippen LogP contribution in [0.1, 0.15) is 31.5 Å². The van der Waals surface area contributed by atoms with E-state index >= 15 is 0 Å². The molecule has 7 nitrogen and oxygen atoms in total. The molecule has 4 N–H and O–H groups in total. The van der Waals surface area contributed by atoms with Crippen LogP contribution in [0.25, 0.3) is 5.69 Å². The van der Waals surface area contributed by atoms with E-state index in [1.807, 2.05) is 13.8 Å². The monoisotopic (exact) mass is 357 g/mol. The van der Waals surface area contributed by atoms with Crippen molar-refractivity contribution in [1.82, 2.24) is 20.4 Å². The molecule has 0 amide bonds. The van der Waals surface area contributed by atoms with Gasteiger partial charge in [-0.3, -0.25) is 4.99 Å². The first-order chi connectivity index (χ1) is 12.5. The molecule has 0 aliphatic heterocycles. The molecule has 0 saturated carbocycles. The van der Waals surface area contributed by atoms with E-state index in [1.54, 1.807) is 19.2 Å². The number of nitrogens with two attached hydrogens (primary N) is 1. The van der Waals surface area contributed by atoms with Crippen LogP contribution in [0.15, 0.2) is 29.3 Å². The van der Waals surface area contributed by atoms with Gasteiger partial charge in [0.15, 0.2) is 5.96 Å². The SMILES string of the molecule is CN=C(NCCCc1nn(-c2ccc(F)cc2)c(N)c1C#N)NC(C)C. The molecular formula is C18H24FN7. The molecule has 1 aromatic heterocycles. The number of guanidine groups is 1. The fourth-order valence-corrected chi connectivity index (χ4v) is 2.48. The van der Waals surface area contributed by atoms with Gasteiger partial charge in [0.2, 0.25) is 0 Å². The first-order valence-corrected chi connectivity index (χ1v) is 8.46. The summed E-state index contributed by atoms with van der Waals surface area (Å²) in [5, 5.41) is 20.3. The van der Waals surface area contributed by atoms with E-state index in [4.69, 9.17) is 5.73 Å². The van der Waals surface area contributed by atoms with Crippen molar-refractivity contribution >= 4 is 11.8 Å². The Kier molecular flexibility index (Phi) is 6.55. The van der Waals surface area contributed by atoms with Gasteiger partial charge in [0.25, 0.3) is 0 Å². The molecule has 0 spiro atoms. The average molecular weight is 357 g/mol. The van der Waals surface area contributed by atoms with E-state index < -0.39 is 0 Å². The van der Waals surface area contributed by atoms with E-state index in [9.17, 15) is 9.65 Å². The summed E-state index contributed by atoms with van der Waals surface area (Å²) in [6.07, 6.45) is 1.35. The van der Waals surface area contributed by atoms with Crippen LogP contribution >= 0.6 is 0 Å². The van der Waals surface area contributed by atoms with Crippen LogP contribution in [-0.2, 0) is 6.42 Å². The van der Waals surface area contributed by atoms with Gasteiger partial charge in [-0.15, -0.1) is 0 Å². The summed E-state index contributed by atoms with van der Waals surface area (Å²) in [4.78, 5) is 4.14. The Hall–Kier alpha value is -3.08. The predicted molar refractivity (Wildman–Crippen MR) is 101 cm³/mol. The number of nitrogens with zero attached hydrogens (tertiary/aromatic N) is 4. The molecule has 2 rings (SSSR count). The van der Waals surface area contributed by atoms with Crippen LogP contribution in [0.5, 0.6) is 0 Å². The Bertz CT molecular complexity index is 800. The normalized spacial score (nSPS) is 11.5. The zero-order valence-corrected chi connectivity index (χ0v) is 15.3. The van der Waals surface area contributed by atoms with Crippen LogP contribution in [-0.4, -0.2) is 35.4 Å². The van der Waals surface area contributed by atoms with Crippen molar-refractivity contribution in [2.24, 2.45) is 4.99 Å². The zero-order valence-electron chi connectivity index (χ0n) is 15.3. The molecule has 26 heavy (non-hydrogen) atoms. The number of anilines is 1. The summed E-state index contributed by atoms with van der Waals surface area (Å²) in [7, 11) is 1.72. The Morgan fingerprint density at radius 1 is 1.38 bits per heavy atom.